The molecule has 2 amide bonds. The molecule has 1 aliphatic rings. The number of urea groups is 1. The van der Waals surface area contributed by atoms with Crippen molar-refractivity contribution in [1.82, 2.24) is 10.6 Å². The smallest absolute Gasteiger partial charge is 0.326 e. The average Bonchev–Trinajstić information content (AvgIpc) is 3.11. The quantitative estimate of drug-likeness (QED) is 0.563. The molecule has 0 radical (unpaired) electrons. The van der Waals surface area contributed by atoms with Crippen molar-refractivity contribution >= 4 is 12.0 Å². The Bertz CT molecular complexity index is 301. The molecule has 19 heavy (non-hydrogen) atoms. The summed E-state index contributed by atoms with van der Waals surface area (Å²) in [5.41, 5.74) is 0. The van der Waals surface area contributed by atoms with E-state index in [0.717, 1.165) is 32.1 Å². The van der Waals surface area contributed by atoms with Crippen molar-refractivity contribution in [3.8, 4) is 0 Å². The van der Waals surface area contributed by atoms with Gasteiger partial charge in [0.05, 0.1) is 0 Å². The number of aliphatic carboxylic acids is 1. The Kier molecular flexibility index (Phi) is 6.67. The van der Waals surface area contributed by atoms with E-state index in [1.165, 1.54) is 0 Å². The monoisotopic (exact) mass is 270 g/mol. The van der Waals surface area contributed by atoms with Crippen LogP contribution in [0.5, 0.6) is 0 Å². The fraction of sp³-hybridized carbons (Fsp3) is 0.857. The minimum Gasteiger partial charge on any atom is -0.480 e. The summed E-state index contributed by atoms with van der Waals surface area (Å²) in [5.74, 6) is 0.220. The first-order chi connectivity index (χ1) is 8.99. The SMILES string of the molecule is CC(C)CCCCNC(=O)NC(CC1CC1)C(=O)O. The number of carbonyl (C=O) groups is 2. The molecule has 3 N–H and O–H groups in total. The molecule has 5 heteroatoms. The molecular formula is C14H26N2O3. The van der Waals surface area contributed by atoms with E-state index in [1.807, 2.05) is 0 Å². The van der Waals surface area contributed by atoms with Crippen LogP contribution in [0.15, 0.2) is 0 Å². The number of hydrogen-bond acceptors (Lipinski definition) is 2. The molecule has 1 unspecified atom stereocenters. The van der Waals surface area contributed by atoms with Crippen LogP contribution in [-0.4, -0.2) is 29.7 Å². The largest absolute Gasteiger partial charge is 0.480 e. The third kappa shape index (κ3) is 7.70. The molecule has 0 aromatic heterocycles. The third-order valence-corrected chi connectivity index (χ3v) is 3.36. The lowest BCUT2D eigenvalue weighted by atomic mass is 10.1. The summed E-state index contributed by atoms with van der Waals surface area (Å²) in [6.07, 6.45) is 5.90. The van der Waals surface area contributed by atoms with Gasteiger partial charge in [-0.15, -0.1) is 0 Å². The number of carboxylic acids is 1. The second-order valence-electron chi connectivity index (χ2n) is 5.86. The van der Waals surface area contributed by atoms with E-state index in [1.54, 1.807) is 0 Å². The summed E-state index contributed by atoms with van der Waals surface area (Å²) in [5, 5.41) is 14.3. The highest BCUT2D eigenvalue weighted by atomic mass is 16.4. The van der Waals surface area contributed by atoms with Gasteiger partial charge in [-0.2, -0.15) is 0 Å². The highest BCUT2D eigenvalue weighted by molar-refractivity contribution is 5.82. The highest BCUT2D eigenvalue weighted by Crippen LogP contribution is 2.33. The molecule has 1 atom stereocenters. The molecule has 0 aromatic rings. The number of hydrogen-bond donors (Lipinski definition) is 3. The van der Waals surface area contributed by atoms with E-state index in [4.69, 9.17) is 5.11 Å². The topological polar surface area (TPSA) is 78.4 Å². The zero-order chi connectivity index (χ0) is 14.3. The first kappa shape index (κ1) is 15.8. The maximum absolute atomic E-state index is 11.6. The minimum atomic E-state index is -0.943. The fourth-order valence-corrected chi connectivity index (χ4v) is 2.00. The Hall–Kier alpha value is -1.26. The summed E-state index contributed by atoms with van der Waals surface area (Å²) in [4.78, 5) is 22.6. The first-order valence-corrected chi connectivity index (χ1v) is 7.26. The number of rotatable bonds is 9. The van der Waals surface area contributed by atoms with E-state index in [-0.39, 0.29) is 6.03 Å². The van der Waals surface area contributed by atoms with E-state index in [0.29, 0.717) is 24.8 Å². The summed E-state index contributed by atoms with van der Waals surface area (Å²) >= 11 is 0. The molecule has 1 rings (SSSR count). The van der Waals surface area contributed by atoms with Crippen LogP contribution in [-0.2, 0) is 4.79 Å². The Morgan fingerprint density at radius 3 is 2.47 bits per heavy atom. The van der Waals surface area contributed by atoms with Crippen molar-refractivity contribution < 1.29 is 14.7 Å². The fourth-order valence-electron chi connectivity index (χ4n) is 2.00. The lowest BCUT2D eigenvalue weighted by Gasteiger charge is -2.14. The van der Waals surface area contributed by atoms with E-state index >= 15 is 0 Å². The molecule has 1 fully saturated rings. The number of unbranched alkanes of at least 4 members (excludes halogenated alkanes) is 1. The second kappa shape index (κ2) is 8.02. The van der Waals surface area contributed by atoms with Gasteiger partial charge < -0.3 is 15.7 Å². The van der Waals surface area contributed by atoms with E-state index in [9.17, 15) is 9.59 Å². The number of carboxylic acid groups (broad SMARTS) is 1. The van der Waals surface area contributed by atoms with Gasteiger partial charge in [-0.05, 0) is 24.7 Å². The molecule has 0 aliphatic heterocycles. The predicted molar refractivity (Wildman–Crippen MR) is 74.0 cm³/mol. The minimum absolute atomic E-state index is 0.363. The van der Waals surface area contributed by atoms with Crippen molar-refractivity contribution in [1.29, 1.82) is 0 Å². The molecule has 1 aliphatic carbocycles. The van der Waals surface area contributed by atoms with E-state index in [2.05, 4.69) is 24.5 Å². The van der Waals surface area contributed by atoms with Crippen LogP contribution < -0.4 is 10.6 Å². The Morgan fingerprint density at radius 1 is 1.26 bits per heavy atom. The van der Waals surface area contributed by atoms with Crippen LogP contribution in [0.2, 0.25) is 0 Å². The van der Waals surface area contributed by atoms with Gasteiger partial charge in [-0.1, -0.05) is 39.5 Å². The highest BCUT2D eigenvalue weighted by Gasteiger charge is 2.30. The number of nitrogens with one attached hydrogen (secondary N) is 2. The zero-order valence-corrected chi connectivity index (χ0v) is 11.9. The van der Waals surface area contributed by atoms with Crippen LogP contribution >= 0.6 is 0 Å². The number of carbonyl (C=O) groups excluding carboxylic acids is 1. The summed E-state index contributed by atoms with van der Waals surface area (Å²) in [7, 11) is 0. The normalized spacial score (nSPS) is 16.2. The summed E-state index contributed by atoms with van der Waals surface area (Å²) < 4.78 is 0. The van der Waals surface area contributed by atoms with E-state index < -0.39 is 12.0 Å². The Balaban J connectivity index is 2.11. The van der Waals surface area contributed by atoms with Crippen LogP contribution in [0.1, 0.15) is 52.4 Å². The Labute approximate surface area is 115 Å². The van der Waals surface area contributed by atoms with Crippen molar-refractivity contribution in [3.05, 3.63) is 0 Å². The van der Waals surface area contributed by atoms with Gasteiger partial charge >= 0.3 is 12.0 Å². The van der Waals surface area contributed by atoms with Crippen molar-refractivity contribution in [2.45, 2.75) is 58.4 Å². The van der Waals surface area contributed by atoms with Crippen molar-refractivity contribution in [2.24, 2.45) is 11.8 Å². The van der Waals surface area contributed by atoms with Crippen molar-refractivity contribution in [2.75, 3.05) is 6.54 Å². The zero-order valence-electron chi connectivity index (χ0n) is 11.9. The molecular weight excluding hydrogens is 244 g/mol. The van der Waals surface area contributed by atoms with Crippen LogP contribution in [0.25, 0.3) is 0 Å². The Morgan fingerprint density at radius 2 is 1.95 bits per heavy atom. The van der Waals surface area contributed by atoms with Crippen LogP contribution in [0.4, 0.5) is 4.79 Å². The van der Waals surface area contributed by atoms with Crippen LogP contribution in [0, 0.1) is 11.8 Å². The van der Waals surface area contributed by atoms with Gasteiger partial charge in [0.2, 0.25) is 0 Å². The van der Waals surface area contributed by atoms with Crippen molar-refractivity contribution in [3.63, 3.8) is 0 Å². The van der Waals surface area contributed by atoms with Gasteiger partial charge in [0.25, 0.3) is 0 Å². The summed E-state index contributed by atoms with van der Waals surface area (Å²) in [6, 6.07) is -1.11. The first-order valence-electron chi connectivity index (χ1n) is 7.26. The maximum atomic E-state index is 11.6. The maximum Gasteiger partial charge on any atom is 0.326 e. The molecule has 0 heterocycles. The molecule has 5 nitrogen and oxygen atoms in total. The molecule has 0 saturated heterocycles. The standard InChI is InChI=1S/C14H26N2O3/c1-10(2)5-3-4-8-15-14(19)16-12(13(17)18)9-11-6-7-11/h10-12H,3-9H2,1-2H3,(H,17,18)(H2,15,16,19). The second-order valence-corrected chi connectivity index (χ2v) is 5.86. The molecule has 0 aromatic carbocycles. The molecule has 0 bridgehead atoms. The van der Waals surface area contributed by atoms with Gasteiger partial charge in [0, 0.05) is 6.54 Å². The van der Waals surface area contributed by atoms with Gasteiger partial charge in [-0.3, -0.25) is 0 Å². The molecule has 1 saturated carbocycles. The van der Waals surface area contributed by atoms with Gasteiger partial charge in [-0.25, -0.2) is 9.59 Å². The lowest BCUT2D eigenvalue weighted by Crippen LogP contribution is -2.46. The lowest BCUT2D eigenvalue weighted by molar-refractivity contribution is -0.139. The molecule has 0 spiro atoms. The average molecular weight is 270 g/mol. The third-order valence-electron chi connectivity index (χ3n) is 3.36. The van der Waals surface area contributed by atoms with Crippen LogP contribution in [0.3, 0.4) is 0 Å². The van der Waals surface area contributed by atoms with Gasteiger partial charge in [0.15, 0.2) is 0 Å². The number of amides is 2. The summed E-state index contributed by atoms with van der Waals surface area (Å²) in [6.45, 7) is 4.96. The van der Waals surface area contributed by atoms with Gasteiger partial charge in [0.1, 0.15) is 6.04 Å². The predicted octanol–water partition coefficient (Wildman–Crippen LogP) is 2.37. The molecule has 110 valence electrons.